The van der Waals surface area contributed by atoms with Crippen LogP contribution in [0.3, 0.4) is 0 Å². The third kappa shape index (κ3) is 4.13. The molecule has 0 aliphatic carbocycles. The summed E-state index contributed by atoms with van der Waals surface area (Å²) in [6.45, 7) is 2.01. The molecule has 32 heavy (non-hydrogen) atoms. The largest absolute Gasteiger partial charge is 0.421 e. The zero-order valence-electron chi connectivity index (χ0n) is 17.2. The minimum atomic E-state index is -4.61. The molecule has 0 bridgehead atoms. The van der Waals surface area contributed by atoms with Crippen LogP contribution in [0.5, 0.6) is 0 Å². The minimum absolute atomic E-state index is 0.0872. The topological polar surface area (TPSA) is 62.3 Å². The van der Waals surface area contributed by atoms with E-state index in [-0.39, 0.29) is 17.8 Å². The second-order valence-electron chi connectivity index (χ2n) is 7.84. The normalized spacial score (nSPS) is 18.5. The molecule has 1 saturated heterocycles. The lowest BCUT2D eigenvalue weighted by Gasteiger charge is -2.26. The number of anilines is 3. The summed E-state index contributed by atoms with van der Waals surface area (Å²) in [7, 11) is 0. The molecule has 166 valence electrons. The van der Waals surface area contributed by atoms with E-state index in [0.29, 0.717) is 13.0 Å². The average molecular weight is 441 g/mol. The number of nitrogens with zero attached hydrogens (tertiary/aromatic N) is 3. The molecule has 2 aliphatic rings. The lowest BCUT2D eigenvalue weighted by molar-refractivity contribution is -0.138. The molecule has 3 aromatic rings. The van der Waals surface area contributed by atoms with Crippen LogP contribution < -0.4 is 15.7 Å². The summed E-state index contributed by atoms with van der Waals surface area (Å²) < 4.78 is 41.4. The molecule has 0 unspecified atom stereocenters. The van der Waals surface area contributed by atoms with Gasteiger partial charge in [0.05, 0.1) is 12.6 Å². The third-order valence-corrected chi connectivity index (χ3v) is 5.72. The Hall–Kier alpha value is -3.17. The lowest BCUT2D eigenvalue weighted by Crippen LogP contribution is -2.26. The van der Waals surface area contributed by atoms with Crippen LogP contribution in [0.1, 0.15) is 34.7 Å². The Bertz CT molecular complexity index is 1110. The van der Waals surface area contributed by atoms with Crippen molar-refractivity contribution in [2.75, 3.05) is 23.5 Å². The number of rotatable bonds is 4. The maximum atomic E-state index is 13.8. The summed E-state index contributed by atoms with van der Waals surface area (Å²) in [6, 6.07) is 14.8. The van der Waals surface area contributed by atoms with E-state index in [4.69, 9.17) is 4.84 Å². The van der Waals surface area contributed by atoms with Crippen LogP contribution in [-0.4, -0.2) is 23.1 Å². The molecular weight excluding hydrogens is 419 g/mol. The van der Waals surface area contributed by atoms with Gasteiger partial charge in [0.2, 0.25) is 5.95 Å². The van der Waals surface area contributed by atoms with Gasteiger partial charge in [-0.2, -0.15) is 18.2 Å². The van der Waals surface area contributed by atoms with Gasteiger partial charge < -0.3 is 10.6 Å². The highest BCUT2D eigenvalue weighted by molar-refractivity contribution is 5.59. The van der Waals surface area contributed by atoms with Gasteiger partial charge >= 0.3 is 6.18 Å². The van der Waals surface area contributed by atoms with E-state index in [0.717, 1.165) is 37.0 Å². The minimum Gasteiger partial charge on any atom is -0.324 e. The Morgan fingerprint density at radius 1 is 1.09 bits per heavy atom. The van der Waals surface area contributed by atoms with Crippen molar-refractivity contribution in [1.82, 2.24) is 15.3 Å². The van der Waals surface area contributed by atoms with Crippen molar-refractivity contribution in [1.29, 1.82) is 0 Å². The van der Waals surface area contributed by atoms with Crippen molar-refractivity contribution >= 4 is 17.5 Å². The number of fused-ring (bicyclic) bond motifs is 1. The molecule has 0 radical (unpaired) electrons. The first-order valence-electron chi connectivity index (χ1n) is 10.5. The first-order valence-corrected chi connectivity index (χ1v) is 10.5. The fourth-order valence-corrected chi connectivity index (χ4v) is 4.14. The molecule has 1 atom stereocenters. The maximum Gasteiger partial charge on any atom is 0.421 e. The third-order valence-electron chi connectivity index (χ3n) is 5.72. The number of benzene rings is 2. The molecular formula is C23H22F3N5O. The molecule has 2 aromatic carbocycles. The molecule has 0 saturated carbocycles. The van der Waals surface area contributed by atoms with Gasteiger partial charge in [-0.15, -0.1) is 0 Å². The number of hydrogen-bond donors (Lipinski definition) is 2. The van der Waals surface area contributed by atoms with Crippen LogP contribution in [0, 0.1) is 0 Å². The number of halogens is 3. The summed E-state index contributed by atoms with van der Waals surface area (Å²) in [5.74, 6) is -0.201. The summed E-state index contributed by atoms with van der Waals surface area (Å²) in [4.78, 5) is 13.8. The van der Waals surface area contributed by atoms with Crippen LogP contribution in [0.2, 0.25) is 0 Å². The van der Waals surface area contributed by atoms with Crippen LogP contribution >= 0.6 is 0 Å². The molecule has 0 amide bonds. The Kier molecular flexibility index (Phi) is 5.44. The van der Waals surface area contributed by atoms with E-state index < -0.39 is 11.7 Å². The van der Waals surface area contributed by atoms with E-state index in [1.165, 1.54) is 16.2 Å². The molecule has 0 spiro atoms. The predicted octanol–water partition coefficient (Wildman–Crippen LogP) is 4.77. The fraction of sp³-hybridized carbons (Fsp3) is 0.304. The van der Waals surface area contributed by atoms with Crippen molar-refractivity contribution in [3.8, 4) is 0 Å². The second-order valence-corrected chi connectivity index (χ2v) is 7.84. The summed E-state index contributed by atoms with van der Waals surface area (Å²) in [5, 5.41) is 7.64. The van der Waals surface area contributed by atoms with E-state index in [2.05, 4.69) is 20.6 Å². The Morgan fingerprint density at radius 2 is 1.94 bits per heavy atom. The summed E-state index contributed by atoms with van der Waals surface area (Å²) >= 11 is 0. The Balaban J connectivity index is 1.49. The quantitative estimate of drug-likeness (QED) is 0.608. The SMILES string of the molecule is FC(F)(F)c1cnc(Nc2ccc3c(c2)CCNC3)nc1N1OCC[C@H]1c1ccccc1. The van der Waals surface area contributed by atoms with Gasteiger partial charge in [-0.1, -0.05) is 36.4 Å². The molecule has 1 fully saturated rings. The van der Waals surface area contributed by atoms with Crippen molar-refractivity contribution in [3.05, 3.63) is 77.0 Å². The zero-order chi connectivity index (χ0) is 22.1. The number of aromatic nitrogens is 2. The van der Waals surface area contributed by atoms with E-state index in [1.54, 1.807) is 0 Å². The lowest BCUT2D eigenvalue weighted by atomic mass is 10.0. The average Bonchev–Trinajstić information content (AvgIpc) is 3.29. The number of nitrogens with one attached hydrogen (secondary N) is 2. The number of hydroxylamine groups is 1. The fourth-order valence-electron chi connectivity index (χ4n) is 4.14. The van der Waals surface area contributed by atoms with Crippen LogP contribution in [-0.2, 0) is 24.0 Å². The second kappa shape index (κ2) is 8.40. The molecule has 3 heterocycles. The Labute approximate surface area is 183 Å². The van der Waals surface area contributed by atoms with Crippen molar-refractivity contribution in [2.24, 2.45) is 0 Å². The molecule has 1 aromatic heterocycles. The van der Waals surface area contributed by atoms with Gasteiger partial charge in [0.25, 0.3) is 0 Å². The highest BCUT2D eigenvalue weighted by Gasteiger charge is 2.40. The first-order chi connectivity index (χ1) is 15.5. The maximum absolute atomic E-state index is 13.8. The van der Waals surface area contributed by atoms with Crippen LogP contribution in [0.25, 0.3) is 0 Å². The highest BCUT2D eigenvalue weighted by atomic mass is 19.4. The molecule has 9 heteroatoms. The van der Waals surface area contributed by atoms with Gasteiger partial charge in [-0.3, -0.25) is 4.84 Å². The van der Waals surface area contributed by atoms with Crippen LogP contribution in [0.15, 0.2) is 54.7 Å². The van der Waals surface area contributed by atoms with Gasteiger partial charge in [0.1, 0.15) is 5.56 Å². The summed E-state index contributed by atoms with van der Waals surface area (Å²) in [5.41, 5.74) is 3.09. The van der Waals surface area contributed by atoms with Gasteiger partial charge in [0.15, 0.2) is 5.82 Å². The van der Waals surface area contributed by atoms with E-state index >= 15 is 0 Å². The molecule has 5 rings (SSSR count). The van der Waals surface area contributed by atoms with E-state index in [1.807, 2.05) is 48.5 Å². The van der Waals surface area contributed by atoms with Crippen molar-refractivity contribution < 1.29 is 18.0 Å². The highest BCUT2D eigenvalue weighted by Crippen LogP contribution is 2.41. The number of alkyl halides is 3. The smallest absolute Gasteiger partial charge is 0.324 e. The summed E-state index contributed by atoms with van der Waals surface area (Å²) in [6.07, 6.45) is -2.34. The van der Waals surface area contributed by atoms with Gasteiger partial charge in [-0.25, -0.2) is 10.0 Å². The monoisotopic (exact) mass is 441 g/mol. The molecule has 2 N–H and O–H groups in total. The number of hydrogen-bond acceptors (Lipinski definition) is 6. The predicted molar refractivity (Wildman–Crippen MR) is 114 cm³/mol. The van der Waals surface area contributed by atoms with Gasteiger partial charge in [0, 0.05) is 24.8 Å². The van der Waals surface area contributed by atoms with E-state index in [9.17, 15) is 13.2 Å². The first kappa shape index (κ1) is 20.7. The Morgan fingerprint density at radius 3 is 2.75 bits per heavy atom. The molecule has 2 aliphatic heterocycles. The van der Waals surface area contributed by atoms with Crippen LogP contribution in [0.4, 0.5) is 30.6 Å². The van der Waals surface area contributed by atoms with Gasteiger partial charge in [-0.05, 0) is 41.8 Å². The zero-order valence-corrected chi connectivity index (χ0v) is 17.2. The molecule has 6 nitrogen and oxygen atoms in total. The standard InChI is InChI=1S/C23H22F3N5O/c24-23(25,26)19-14-28-22(29-18-7-6-17-13-27-10-8-16(17)12-18)30-21(19)31-20(9-11-32-31)15-4-2-1-3-5-15/h1-7,12,14,20,27H,8-11,13H2,(H,28,29,30)/t20-/m0/s1. The van der Waals surface area contributed by atoms with Crippen molar-refractivity contribution in [2.45, 2.75) is 31.6 Å². The van der Waals surface area contributed by atoms with Crippen molar-refractivity contribution in [3.63, 3.8) is 0 Å².